The van der Waals surface area contributed by atoms with E-state index in [0.29, 0.717) is 13.2 Å². The Balaban J connectivity index is 1.51. The van der Waals surface area contributed by atoms with Crippen molar-refractivity contribution in [2.24, 2.45) is 0 Å². The molecule has 2 aliphatic rings. The molecule has 2 heterocycles. The van der Waals surface area contributed by atoms with Crippen molar-refractivity contribution >= 4 is 31.1 Å². The zero-order chi connectivity index (χ0) is 21.1. The van der Waals surface area contributed by atoms with E-state index < -0.39 is 19.7 Å². The number of nitrogens with zero attached hydrogens (tertiary/aromatic N) is 1. The molecule has 2 aliphatic heterocycles. The van der Waals surface area contributed by atoms with Crippen LogP contribution in [0.5, 0.6) is 5.75 Å². The fraction of sp³-hybridized carbons (Fsp3) is 0.455. The van der Waals surface area contributed by atoms with Gasteiger partial charge < -0.3 is 14.2 Å². The lowest BCUT2D eigenvalue weighted by molar-refractivity contribution is 0.0224. The monoisotopic (exact) mass is 449 g/mol. The van der Waals surface area contributed by atoms with Crippen LogP contribution in [0.4, 0.5) is 15.3 Å². The fourth-order valence-electron chi connectivity index (χ4n) is 3.38. The van der Waals surface area contributed by atoms with Crippen LogP contribution in [-0.2, 0) is 21.1 Å². The van der Waals surface area contributed by atoms with E-state index in [0.717, 1.165) is 47.3 Å². The summed E-state index contributed by atoms with van der Waals surface area (Å²) in [5, 5.41) is 0. The number of epoxide rings is 1. The molecule has 1 unspecified atom stereocenters. The van der Waals surface area contributed by atoms with Crippen LogP contribution < -0.4 is 13.8 Å². The first-order valence-corrected chi connectivity index (χ1v) is 15.2. The predicted molar refractivity (Wildman–Crippen MR) is 125 cm³/mol. The molecular formula is C22H30FN2O3SSi+. The van der Waals surface area contributed by atoms with Crippen molar-refractivity contribution in [1.82, 2.24) is 0 Å². The standard InChI is InChI=1S/C22H29FN2O3SSi/c1-30(2,3)14-13-26-16-28-21-10-5-4-7-18(21)19-8-6-9-20-22(19)25(29(23)24-20)12-11-17-15-27-17/h4-10,17H,11-16H2,1-3H3/p+1/t17-,29?/m0/s1. The number of hydrogen-bond donors (Lipinski definition) is 1. The topological polar surface area (TPSA) is 46.3 Å². The summed E-state index contributed by atoms with van der Waals surface area (Å²) in [6.45, 7) is 9.31. The van der Waals surface area contributed by atoms with Crippen LogP contribution in [-0.4, -0.2) is 40.7 Å². The zero-order valence-electron chi connectivity index (χ0n) is 17.8. The van der Waals surface area contributed by atoms with E-state index in [9.17, 15) is 3.89 Å². The maximum atomic E-state index is 14.8. The molecule has 0 amide bonds. The normalized spacial score (nSPS) is 20.1. The van der Waals surface area contributed by atoms with Crippen molar-refractivity contribution in [2.45, 2.75) is 38.2 Å². The summed E-state index contributed by atoms with van der Waals surface area (Å²) in [5.74, 6) is 0.745. The second kappa shape index (κ2) is 9.17. The maximum absolute atomic E-state index is 14.8. The van der Waals surface area contributed by atoms with Crippen LogP contribution >= 0.6 is 0 Å². The smallest absolute Gasteiger partial charge is 0.452 e. The van der Waals surface area contributed by atoms with Crippen molar-refractivity contribution in [3.8, 4) is 16.9 Å². The summed E-state index contributed by atoms with van der Waals surface area (Å²) in [6.07, 6.45) is 1.09. The average Bonchev–Trinajstić information content (AvgIpc) is 3.47. The summed E-state index contributed by atoms with van der Waals surface area (Å²) in [4.78, 5) is 0. The van der Waals surface area contributed by atoms with Gasteiger partial charge in [-0.1, -0.05) is 50.0 Å². The van der Waals surface area contributed by atoms with E-state index in [1.165, 1.54) is 0 Å². The van der Waals surface area contributed by atoms with E-state index in [1.54, 1.807) is 0 Å². The third-order valence-corrected chi connectivity index (χ3v) is 8.05. The van der Waals surface area contributed by atoms with Gasteiger partial charge in [0.15, 0.2) is 6.79 Å². The van der Waals surface area contributed by atoms with E-state index in [1.807, 2.05) is 46.8 Å². The number of fused-ring (bicyclic) bond motifs is 1. The third kappa shape index (κ3) is 5.29. The van der Waals surface area contributed by atoms with E-state index in [4.69, 9.17) is 14.2 Å². The largest absolute Gasteiger partial charge is 0.467 e. The molecular weight excluding hydrogens is 419 g/mol. The first-order valence-electron chi connectivity index (χ1n) is 10.4. The van der Waals surface area contributed by atoms with Gasteiger partial charge in [-0.2, -0.15) is 0 Å². The number of halogens is 1. The number of anilines is 2. The molecule has 1 N–H and O–H groups in total. The van der Waals surface area contributed by atoms with Crippen LogP contribution in [0.2, 0.25) is 25.7 Å². The Labute approximate surface area is 182 Å². The minimum Gasteiger partial charge on any atom is -0.467 e. The first-order chi connectivity index (χ1) is 14.4. The van der Waals surface area contributed by atoms with Gasteiger partial charge in [0, 0.05) is 25.8 Å². The van der Waals surface area contributed by atoms with Crippen molar-refractivity contribution in [2.75, 3.05) is 35.6 Å². The van der Waals surface area contributed by atoms with Crippen LogP contribution in [0.1, 0.15) is 6.42 Å². The van der Waals surface area contributed by atoms with Crippen LogP contribution in [0.15, 0.2) is 42.5 Å². The summed E-state index contributed by atoms with van der Waals surface area (Å²) >= 11 is -1.54. The molecule has 2 atom stereocenters. The molecule has 0 aromatic heterocycles. The van der Waals surface area contributed by atoms with Gasteiger partial charge in [0.05, 0.1) is 23.1 Å². The number of rotatable bonds is 10. The molecule has 2 aromatic rings. The highest BCUT2D eigenvalue weighted by molar-refractivity contribution is 7.95. The second-order valence-corrected chi connectivity index (χ2v) is 15.6. The Morgan fingerprint density at radius 2 is 1.93 bits per heavy atom. The van der Waals surface area contributed by atoms with Gasteiger partial charge in [-0.05, 0) is 24.6 Å². The molecule has 0 radical (unpaired) electrons. The lowest BCUT2D eigenvalue weighted by atomic mass is 10.0. The van der Waals surface area contributed by atoms with Crippen LogP contribution in [0.3, 0.4) is 0 Å². The highest BCUT2D eigenvalue weighted by Gasteiger charge is 2.44. The van der Waals surface area contributed by atoms with E-state index in [-0.39, 0.29) is 12.9 Å². The van der Waals surface area contributed by atoms with Gasteiger partial charge >= 0.3 is 11.7 Å². The minimum absolute atomic E-state index is 0.213. The summed E-state index contributed by atoms with van der Waals surface area (Å²) in [5.41, 5.74) is 3.61. The Kier molecular flexibility index (Phi) is 6.57. The number of hydrogen-bond acceptors (Lipinski definition) is 5. The Morgan fingerprint density at radius 3 is 2.70 bits per heavy atom. The van der Waals surface area contributed by atoms with Gasteiger partial charge in [0.25, 0.3) is 0 Å². The molecule has 2 aromatic carbocycles. The highest BCUT2D eigenvalue weighted by atomic mass is 32.3. The Morgan fingerprint density at radius 1 is 1.17 bits per heavy atom. The summed E-state index contributed by atoms with van der Waals surface area (Å²) in [6, 6.07) is 14.9. The predicted octanol–water partition coefficient (Wildman–Crippen LogP) is 5.40. The van der Waals surface area contributed by atoms with E-state index >= 15 is 0 Å². The number of nitrogens with one attached hydrogen (secondary N) is 1. The zero-order valence-corrected chi connectivity index (χ0v) is 19.6. The fourth-order valence-corrected chi connectivity index (χ4v) is 5.22. The number of para-hydroxylation sites is 2. The Bertz CT molecular complexity index is 876. The maximum Gasteiger partial charge on any atom is 0.452 e. The molecule has 8 heteroatoms. The third-order valence-electron chi connectivity index (χ3n) is 5.20. The first kappa shape index (κ1) is 21.5. The Hall–Kier alpha value is -1.74. The quantitative estimate of drug-likeness (QED) is 0.173. The summed E-state index contributed by atoms with van der Waals surface area (Å²) in [7, 11) is -1.12. The van der Waals surface area contributed by atoms with Crippen molar-refractivity contribution in [3.63, 3.8) is 0 Å². The molecule has 30 heavy (non-hydrogen) atoms. The molecule has 0 bridgehead atoms. The molecule has 0 saturated carbocycles. The SMILES string of the molecule is C[Si](C)(C)CCOCOc1ccccc1-c1cccc2c1N(CC[C@H]1CO1)[S+](F)N2. The van der Waals surface area contributed by atoms with Crippen molar-refractivity contribution < 1.29 is 18.1 Å². The molecule has 162 valence electrons. The molecule has 0 spiro atoms. The van der Waals surface area contributed by atoms with Crippen LogP contribution in [0.25, 0.3) is 11.1 Å². The van der Waals surface area contributed by atoms with Crippen molar-refractivity contribution in [3.05, 3.63) is 42.5 Å². The van der Waals surface area contributed by atoms with Gasteiger partial charge in [0.2, 0.25) is 0 Å². The minimum atomic E-state index is -1.54. The number of ether oxygens (including phenoxy) is 3. The molecule has 4 rings (SSSR count). The van der Waals surface area contributed by atoms with Crippen molar-refractivity contribution in [1.29, 1.82) is 0 Å². The summed E-state index contributed by atoms with van der Waals surface area (Å²) < 4.78 is 36.6. The lowest BCUT2D eigenvalue weighted by Gasteiger charge is -2.17. The molecule has 1 saturated heterocycles. The van der Waals surface area contributed by atoms with E-state index in [2.05, 4.69) is 24.4 Å². The molecule has 1 fully saturated rings. The van der Waals surface area contributed by atoms with Gasteiger partial charge in [-0.25, -0.2) is 0 Å². The van der Waals surface area contributed by atoms with Gasteiger partial charge in [-0.3, -0.25) is 0 Å². The number of benzene rings is 2. The molecule has 0 aliphatic carbocycles. The average molecular weight is 450 g/mol. The van der Waals surface area contributed by atoms with Gasteiger partial charge in [-0.15, -0.1) is 9.03 Å². The van der Waals surface area contributed by atoms with Gasteiger partial charge in [0.1, 0.15) is 17.1 Å². The van der Waals surface area contributed by atoms with Crippen LogP contribution in [0, 0.1) is 0 Å². The highest BCUT2D eigenvalue weighted by Crippen LogP contribution is 2.46. The molecule has 5 nitrogen and oxygen atoms in total. The lowest BCUT2D eigenvalue weighted by Crippen LogP contribution is -2.28. The second-order valence-electron chi connectivity index (χ2n) is 8.86.